The smallest absolute Gasteiger partial charge is 0 e. The summed E-state index contributed by atoms with van der Waals surface area (Å²) < 4.78 is 0. The van der Waals surface area contributed by atoms with Crippen LogP contribution in [0, 0.1) is 27.7 Å². The molecule has 9 heavy (non-hydrogen) atoms. The van der Waals surface area contributed by atoms with Crippen molar-refractivity contribution in [3.8, 4) is 0 Å². The van der Waals surface area contributed by atoms with Crippen LogP contribution in [0.3, 0.4) is 0 Å². The second-order valence-corrected chi connectivity index (χ2v) is 0. The molecule has 0 aliphatic heterocycles. The van der Waals surface area contributed by atoms with Gasteiger partial charge in [-0.2, -0.15) is 27.7 Å². The number of hydrogen-bond acceptors (Lipinski definition) is 0. The van der Waals surface area contributed by atoms with Crippen molar-refractivity contribution in [3.63, 3.8) is 0 Å². The van der Waals surface area contributed by atoms with Crippen molar-refractivity contribution >= 4 is 0 Å². The van der Waals surface area contributed by atoms with E-state index in [1.54, 1.807) is 27.7 Å². The minimum Gasteiger partial charge on any atom is -0.346 e. The van der Waals surface area contributed by atoms with Crippen molar-refractivity contribution in [1.29, 1.82) is 0 Å². The zero-order valence-corrected chi connectivity index (χ0v) is 10.2. The van der Waals surface area contributed by atoms with Crippen LogP contribution in [0.4, 0.5) is 0 Å². The molecule has 0 radical (unpaired) electrons. The summed E-state index contributed by atoms with van der Waals surface area (Å²) in [5.41, 5.74) is 0. The maximum atomic E-state index is 3.25. The van der Waals surface area contributed by atoms with Gasteiger partial charge in [0.15, 0.2) is 0 Å². The summed E-state index contributed by atoms with van der Waals surface area (Å²) in [7, 11) is 0. The molecular formula is C8H20W-4. The second kappa shape index (κ2) is 1080. The van der Waals surface area contributed by atoms with Gasteiger partial charge in [-0.3, -0.25) is 0 Å². The Balaban J connectivity index is -0.00000000762. The van der Waals surface area contributed by atoms with E-state index in [2.05, 4.69) is 27.7 Å². The Bertz CT molecular complexity index is 4.53. The molecule has 62 valence electrons. The summed E-state index contributed by atoms with van der Waals surface area (Å²) >= 11 is 0. The van der Waals surface area contributed by atoms with Gasteiger partial charge >= 0.3 is 0 Å². The largest absolute Gasteiger partial charge is 0.346 e. The molecule has 0 aromatic heterocycles. The Morgan fingerprint density at radius 2 is 0.444 bits per heavy atom. The molecule has 0 heterocycles. The van der Waals surface area contributed by atoms with E-state index in [4.69, 9.17) is 0 Å². The van der Waals surface area contributed by atoms with Crippen molar-refractivity contribution in [2.45, 2.75) is 27.7 Å². The Hall–Kier alpha value is 0.688. The minimum absolute atomic E-state index is 0. The third-order valence-corrected chi connectivity index (χ3v) is 0. The van der Waals surface area contributed by atoms with Gasteiger partial charge in [0, 0.05) is 21.1 Å². The summed E-state index contributed by atoms with van der Waals surface area (Å²) in [6.45, 7) is 20.0. The van der Waals surface area contributed by atoms with Gasteiger partial charge in [0.1, 0.15) is 0 Å². The van der Waals surface area contributed by atoms with Gasteiger partial charge in [0.25, 0.3) is 0 Å². The Kier molecular flexibility index (Phi) is 4010. The fourth-order valence-electron chi connectivity index (χ4n) is 0. The van der Waals surface area contributed by atoms with Crippen molar-refractivity contribution in [3.05, 3.63) is 27.7 Å². The first-order valence-electron chi connectivity index (χ1n) is 2.83. The monoisotopic (exact) mass is 300 g/mol. The first-order chi connectivity index (χ1) is 4.00. The van der Waals surface area contributed by atoms with E-state index in [1.807, 2.05) is 0 Å². The van der Waals surface area contributed by atoms with E-state index in [9.17, 15) is 0 Å². The summed E-state index contributed by atoms with van der Waals surface area (Å²) in [5, 5.41) is 0. The fraction of sp³-hybridized carbons (Fsp3) is 0.500. The van der Waals surface area contributed by atoms with Gasteiger partial charge in [-0.05, 0) is 0 Å². The van der Waals surface area contributed by atoms with Crippen LogP contribution in [0.25, 0.3) is 0 Å². The van der Waals surface area contributed by atoms with Crippen LogP contribution in [-0.4, -0.2) is 0 Å². The van der Waals surface area contributed by atoms with Crippen molar-refractivity contribution in [2.75, 3.05) is 0 Å². The van der Waals surface area contributed by atoms with Gasteiger partial charge in [-0.1, -0.05) is 0 Å². The third-order valence-electron chi connectivity index (χ3n) is 0. The molecule has 1 heteroatoms. The van der Waals surface area contributed by atoms with Crippen molar-refractivity contribution in [1.82, 2.24) is 0 Å². The molecule has 0 spiro atoms. The first-order valence-corrected chi connectivity index (χ1v) is 2.83. The normalized spacial score (nSPS) is 2.67. The van der Waals surface area contributed by atoms with Crippen LogP contribution >= 0.6 is 0 Å². The quantitative estimate of drug-likeness (QED) is 0.602. The van der Waals surface area contributed by atoms with E-state index in [-0.39, 0.29) is 21.1 Å². The first kappa shape index (κ1) is 33.3. The fourth-order valence-corrected chi connectivity index (χ4v) is 0. The van der Waals surface area contributed by atoms with Crippen LogP contribution in [-0.2, 0) is 21.1 Å². The molecule has 0 saturated carbocycles. The van der Waals surface area contributed by atoms with E-state index in [0.29, 0.717) is 0 Å². The van der Waals surface area contributed by atoms with Gasteiger partial charge in [0.05, 0.1) is 0 Å². The molecule has 0 saturated heterocycles. The van der Waals surface area contributed by atoms with E-state index >= 15 is 0 Å². The molecule has 0 N–H and O–H groups in total. The molecule has 0 fully saturated rings. The standard InChI is InChI=1S/4C2H5.W/c4*1-2;/h4*1H2,2H3;/q4*-1;. The minimum atomic E-state index is 0. The third kappa shape index (κ3) is 820. The van der Waals surface area contributed by atoms with Gasteiger partial charge in [-0.25, -0.2) is 0 Å². The SMILES string of the molecule is [CH2-]C.[CH2-]C.[CH2-]C.[CH2-]C.[W]. The van der Waals surface area contributed by atoms with Crippen LogP contribution in [0.2, 0.25) is 0 Å². The van der Waals surface area contributed by atoms with Gasteiger partial charge < -0.3 is 27.7 Å². The van der Waals surface area contributed by atoms with Crippen LogP contribution in [0.1, 0.15) is 27.7 Å². The molecule has 0 aliphatic rings. The average molecular weight is 300 g/mol. The molecule has 0 amide bonds. The molecule has 0 rings (SSSR count). The maximum Gasteiger partial charge on any atom is 0 e. The molecule has 0 aromatic rings. The van der Waals surface area contributed by atoms with Gasteiger partial charge in [0.2, 0.25) is 0 Å². The Labute approximate surface area is 76.7 Å². The van der Waals surface area contributed by atoms with Crippen molar-refractivity contribution < 1.29 is 21.1 Å². The molecule has 0 atom stereocenters. The molecule has 0 nitrogen and oxygen atoms in total. The Morgan fingerprint density at radius 3 is 0.444 bits per heavy atom. The topological polar surface area (TPSA) is 0 Å². The van der Waals surface area contributed by atoms with Crippen LogP contribution in [0.15, 0.2) is 0 Å². The number of hydrogen-bond donors (Lipinski definition) is 0. The summed E-state index contributed by atoms with van der Waals surface area (Å²) in [6.07, 6.45) is 0. The molecule has 0 unspecified atom stereocenters. The summed E-state index contributed by atoms with van der Waals surface area (Å²) in [6, 6.07) is 0. The van der Waals surface area contributed by atoms with Crippen molar-refractivity contribution in [2.24, 2.45) is 0 Å². The predicted molar refractivity (Wildman–Crippen MR) is 44.1 cm³/mol. The molecule has 0 aromatic carbocycles. The summed E-state index contributed by atoms with van der Waals surface area (Å²) in [5.74, 6) is 0. The Morgan fingerprint density at radius 1 is 0.444 bits per heavy atom. The summed E-state index contributed by atoms with van der Waals surface area (Å²) in [4.78, 5) is 0. The van der Waals surface area contributed by atoms with E-state index in [0.717, 1.165) is 0 Å². The molecular weight excluding hydrogens is 280 g/mol. The zero-order valence-electron chi connectivity index (χ0n) is 7.24. The number of rotatable bonds is 0. The van der Waals surface area contributed by atoms with Crippen LogP contribution in [0.5, 0.6) is 0 Å². The van der Waals surface area contributed by atoms with Gasteiger partial charge in [-0.15, -0.1) is 0 Å². The molecule has 0 bridgehead atoms. The van der Waals surface area contributed by atoms with E-state index in [1.165, 1.54) is 0 Å². The zero-order chi connectivity index (χ0) is 8.00. The maximum absolute atomic E-state index is 3.25. The average Bonchev–Trinajstić information content (AvgIpc) is 2.03. The second-order valence-electron chi connectivity index (χ2n) is 0. The predicted octanol–water partition coefficient (Wildman–Crippen LogP) is 3.36. The van der Waals surface area contributed by atoms with E-state index < -0.39 is 0 Å². The van der Waals surface area contributed by atoms with Crippen LogP contribution < -0.4 is 0 Å². The molecule has 0 aliphatic carbocycles.